The van der Waals surface area contributed by atoms with Crippen molar-refractivity contribution < 1.29 is 9.59 Å². The Morgan fingerprint density at radius 1 is 1.12 bits per heavy atom. The van der Waals surface area contributed by atoms with Gasteiger partial charge in [-0.2, -0.15) is 0 Å². The summed E-state index contributed by atoms with van der Waals surface area (Å²) in [6, 6.07) is 15.1. The average Bonchev–Trinajstić information content (AvgIpc) is 2.64. The highest BCUT2D eigenvalue weighted by Crippen LogP contribution is 2.21. The van der Waals surface area contributed by atoms with Crippen LogP contribution in [0.2, 0.25) is 0 Å². The second kappa shape index (κ2) is 9.42. The number of nitrogens with zero attached hydrogens (tertiary/aromatic N) is 1. The van der Waals surface area contributed by atoms with Gasteiger partial charge in [-0.05, 0) is 30.2 Å². The van der Waals surface area contributed by atoms with Crippen molar-refractivity contribution in [3.8, 4) is 0 Å². The van der Waals surface area contributed by atoms with E-state index >= 15 is 0 Å². The Hall–Kier alpha value is -3.08. The number of urea groups is 1. The molecule has 136 valence electrons. The minimum Gasteiger partial charge on any atom is -0.326 e. The Labute approximate surface area is 154 Å². The Bertz CT molecular complexity index is 772. The summed E-state index contributed by atoms with van der Waals surface area (Å²) in [7, 11) is 0. The van der Waals surface area contributed by atoms with Crippen molar-refractivity contribution in [3.05, 3.63) is 72.3 Å². The monoisotopic (exact) mass is 351 g/mol. The van der Waals surface area contributed by atoms with Crippen LogP contribution in [0.15, 0.2) is 61.2 Å². The van der Waals surface area contributed by atoms with E-state index < -0.39 is 0 Å². The molecule has 0 bridgehead atoms. The number of aryl methyl sites for hydroxylation is 1. The molecule has 0 saturated carbocycles. The maximum absolute atomic E-state index is 12.7. The largest absolute Gasteiger partial charge is 0.326 e. The summed E-state index contributed by atoms with van der Waals surface area (Å²) in [5.74, 6) is -0.0662. The molecule has 2 aromatic rings. The van der Waals surface area contributed by atoms with E-state index in [1.165, 1.54) is 0 Å². The van der Waals surface area contributed by atoms with E-state index in [0.717, 1.165) is 11.1 Å². The molecule has 0 atom stereocenters. The van der Waals surface area contributed by atoms with Gasteiger partial charge in [0.05, 0.1) is 0 Å². The lowest BCUT2D eigenvalue weighted by Crippen LogP contribution is -2.34. The molecule has 2 rings (SSSR count). The zero-order valence-corrected chi connectivity index (χ0v) is 15.3. The molecule has 0 saturated heterocycles. The summed E-state index contributed by atoms with van der Waals surface area (Å²) < 4.78 is 0. The molecule has 2 N–H and O–H groups in total. The summed E-state index contributed by atoms with van der Waals surface area (Å²) in [6.07, 6.45) is 2.10. The van der Waals surface area contributed by atoms with Gasteiger partial charge in [0.1, 0.15) is 0 Å². The van der Waals surface area contributed by atoms with Crippen LogP contribution in [0.4, 0.5) is 16.2 Å². The van der Waals surface area contributed by atoms with Crippen molar-refractivity contribution in [3.63, 3.8) is 0 Å². The van der Waals surface area contributed by atoms with Gasteiger partial charge in [0, 0.05) is 30.9 Å². The number of carbonyl (C=O) groups is 2. The van der Waals surface area contributed by atoms with E-state index in [2.05, 4.69) is 17.2 Å². The molecule has 2 aromatic carbocycles. The molecule has 3 amide bonds. The normalized spacial score (nSPS) is 10.1. The molecule has 0 heterocycles. The summed E-state index contributed by atoms with van der Waals surface area (Å²) in [6.45, 7) is 8.37. The van der Waals surface area contributed by atoms with Crippen LogP contribution in [0.3, 0.4) is 0 Å². The first-order chi connectivity index (χ1) is 12.5. The van der Waals surface area contributed by atoms with Crippen molar-refractivity contribution >= 4 is 23.3 Å². The van der Waals surface area contributed by atoms with Gasteiger partial charge in [-0.15, -0.1) is 6.58 Å². The van der Waals surface area contributed by atoms with Crippen LogP contribution >= 0.6 is 0 Å². The first-order valence-electron chi connectivity index (χ1n) is 8.64. The molecular formula is C21H25N3O2. The molecule has 0 radical (unpaired) electrons. The molecule has 5 nitrogen and oxygen atoms in total. The van der Waals surface area contributed by atoms with Crippen LogP contribution < -0.4 is 10.6 Å². The summed E-state index contributed by atoms with van der Waals surface area (Å²) in [5.41, 5.74) is 3.30. The third-order valence-electron chi connectivity index (χ3n) is 3.94. The summed E-state index contributed by atoms with van der Waals surface area (Å²) >= 11 is 0. The number of amides is 3. The van der Waals surface area contributed by atoms with Crippen LogP contribution in [0, 0.1) is 6.92 Å². The van der Waals surface area contributed by atoms with Gasteiger partial charge >= 0.3 is 6.03 Å². The van der Waals surface area contributed by atoms with Crippen LogP contribution in [-0.4, -0.2) is 23.4 Å². The maximum atomic E-state index is 12.7. The molecule has 0 aliphatic carbocycles. The van der Waals surface area contributed by atoms with Crippen molar-refractivity contribution in [1.82, 2.24) is 4.90 Å². The van der Waals surface area contributed by atoms with Crippen molar-refractivity contribution in [2.45, 2.75) is 26.8 Å². The third-order valence-corrected chi connectivity index (χ3v) is 3.94. The van der Waals surface area contributed by atoms with Gasteiger partial charge in [0.25, 0.3) is 0 Å². The number of benzene rings is 2. The Kier molecular flexibility index (Phi) is 6.97. The zero-order chi connectivity index (χ0) is 18.9. The van der Waals surface area contributed by atoms with E-state index in [1.807, 2.05) is 49.4 Å². The minimum atomic E-state index is -0.212. The quantitative estimate of drug-likeness (QED) is 0.718. The number of hydrogen-bond acceptors (Lipinski definition) is 2. The van der Waals surface area contributed by atoms with Gasteiger partial charge in [0.2, 0.25) is 5.91 Å². The number of carbonyl (C=O) groups excluding carboxylic acids is 2. The SMILES string of the molecule is C=CCN(Cc1ccccc1)C(=O)Nc1cc(NC(=O)CC)ccc1C. The Balaban J connectivity index is 2.13. The lowest BCUT2D eigenvalue weighted by Gasteiger charge is -2.22. The minimum absolute atomic E-state index is 0.0662. The molecule has 0 aliphatic heterocycles. The average molecular weight is 351 g/mol. The van der Waals surface area contributed by atoms with E-state index in [1.54, 1.807) is 24.0 Å². The number of rotatable bonds is 7. The highest BCUT2D eigenvalue weighted by atomic mass is 16.2. The number of nitrogens with one attached hydrogen (secondary N) is 2. The van der Waals surface area contributed by atoms with Gasteiger partial charge in [0.15, 0.2) is 0 Å². The highest BCUT2D eigenvalue weighted by molar-refractivity contribution is 5.94. The standard InChI is InChI=1S/C21H25N3O2/c1-4-13-24(15-17-9-7-6-8-10-17)21(26)23-19-14-18(12-11-16(19)3)22-20(25)5-2/h4,6-12,14H,1,5,13,15H2,2-3H3,(H,22,25)(H,23,26). The first kappa shape index (κ1) is 19.2. The topological polar surface area (TPSA) is 61.4 Å². The Morgan fingerprint density at radius 2 is 1.85 bits per heavy atom. The molecule has 0 aliphatic rings. The third kappa shape index (κ3) is 5.48. The molecular weight excluding hydrogens is 326 g/mol. The van der Waals surface area contributed by atoms with Crippen LogP contribution in [0.1, 0.15) is 24.5 Å². The predicted molar refractivity (Wildman–Crippen MR) is 106 cm³/mol. The van der Waals surface area contributed by atoms with E-state index in [4.69, 9.17) is 0 Å². The van der Waals surface area contributed by atoms with Crippen molar-refractivity contribution in [2.24, 2.45) is 0 Å². The summed E-state index contributed by atoms with van der Waals surface area (Å²) in [4.78, 5) is 26.0. The van der Waals surface area contributed by atoms with Crippen molar-refractivity contribution in [2.75, 3.05) is 17.2 Å². The van der Waals surface area contributed by atoms with E-state index in [9.17, 15) is 9.59 Å². The molecule has 5 heteroatoms. The molecule has 0 aromatic heterocycles. The first-order valence-corrected chi connectivity index (χ1v) is 8.64. The smallest absolute Gasteiger partial charge is 0.322 e. The second-order valence-electron chi connectivity index (χ2n) is 6.02. The number of anilines is 2. The molecule has 26 heavy (non-hydrogen) atoms. The van der Waals surface area contributed by atoms with Gasteiger partial charge in [-0.3, -0.25) is 4.79 Å². The maximum Gasteiger partial charge on any atom is 0.322 e. The lowest BCUT2D eigenvalue weighted by molar-refractivity contribution is -0.115. The fourth-order valence-electron chi connectivity index (χ4n) is 2.46. The van der Waals surface area contributed by atoms with Crippen LogP contribution in [0.5, 0.6) is 0 Å². The van der Waals surface area contributed by atoms with Crippen LogP contribution in [0.25, 0.3) is 0 Å². The second-order valence-corrected chi connectivity index (χ2v) is 6.02. The van der Waals surface area contributed by atoms with Gasteiger partial charge < -0.3 is 15.5 Å². The Morgan fingerprint density at radius 3 is 2.50 bits per heavy atom. The lowest BCUT2D eigenvalue weighted by atomic mass is 10.1. The van der Waals surface area contributed by atoms with Gasteiger partial charge in [-0.1, -0.05) is 49.4 Å². The van der Waals surface area contributed by atoms with E-state index in [-0.39, 0.29) is 11.9 Å². The predicted octanol–water partition coefficient (Wildman–Crippen LogP) is 4.56. The fraction of sp³-hybridized carbons (Fsp3) is 0.238. The fourth-order valence-corrected chi connectivity index (χ4v) is 2.46. The van der Waals surface area contributed by atoms with E-state index in [0.29, 0.717) is 30.9 Å². The summed E-state index contributed by atoms with van der Waals surface area (Å²) in [5, 5.41) is 5.74. The van der Waals surface area contributed by atoms with Crippen molar-refractivity contribution in [1.29, 1.82) is 0 Å². The molecule has 0 fully saturated rings. The zero-order valence-electron chi connectivity index (χ0n) is 15.3. The van der Waals surface area contributed by atoms with Gasteiger partial charge in [-0.25, -0.2) is 4.79 Å². The van der Waals surface area contributed by atoms with Crippen LogP contribution in [-0.2, 0) is 11.3 Å². The number of hydrogen-bond donors (Lipinski definition) is 2. The molecule has 0 spiro atoms. The molecule has 0 unspecified atom stereocenters. The highest BCUT2D eigenvalue weighted by Gasteiger charge is 2.14.